The third-order valence-corrected chi connectivity index (χ3v) is 2.68. The quantitative estimate of drug-likeness (QED) is 0.504. The van der Waals surface area contributed by atoms with E-state index in [9.17, 15) is 4.79 Å². The van der Waals surface area contributed by atoms with Crippen LogP contribution in [0.2, 0.25) is 0 Å². The lowest BCUT2D eigenvalue weighted by molar-refractivity contribution is -0.172. The molecular formula is C8H12O2. The molecule has 0 radical (unpaired) electrons. The number of fused-ring (bicyclic) bond motifs is 1. The van der Waals surface area contributed by atoms with Crippen LogP contribution in [0.25, 0.3) is 0 Å². The maximum absolute atomic E-state index is 10.9. The molecule has 0 bridgehead atoms. The third kappa shape index (κ3) is 0.655. The summed E-state index contributed by atoms with van der Waals surface area (Å²) in [7, 11) is 0. The van der Waals surface area contributed by atoms with E-state index in [0.29, 0.717) is 5.78 Å². The van der Waals surface area contributed by atoms with Crippen molar-refractivity contribution in [3.63, 3.8) is 0 Å². The Morgan fingerprint density at radius 1 is 1.70 bits per heavy atom. The van der Waals surface area contributed by atoms with E-state index in [1.165, 1.54) is 6.42 Å². The Labute approximate surface area is 60.6 Å². The van der Waals surface area contributed by atoms with E-state index in [4.69, 9.17) is 4.74 Å². The number of Topliss-reactive ketones (excluding diaryl/α,β-unsaturated/α-hetero) is 1. The van der Waals surface area contributed by atoms with Crippen LogP contribution in [-0.2, 0) is 9.53 Å². The Morgan fingerprint density at radius 2 is 2.50 bits per heavy atom. The molecule has 0 aromatic carbocycles. The molecule has 1 saturated heterocycles. The van der Waals surface area contributed by atoms with Gasteiger partial charge in [-0.25, -0.2) is 0 Å². The summed E-state index contributed by atoms with van der Waals surface area (Å²) >= 11 is 0. The Hall–Kier alpha value is -0.370. The van der Waals surface area contributed by atoms with Crippen LogP contribution in [-0.4, -0.2) is 18.5 Å². The van der Waals surface area contributed by atoms with Crippen LogP contribution in [0.3, 0.4) is 0 Å². The minimum atomic E-state index is -0.0405. The first kappa shape index (κ1) is 6.35. The Bertz CT molecular complexity index is 176. The summed E-state index contributed by atoms with van der Waals surface area (Å²) in [4.78, 5) is 10.9. The van der Waals surface area contributed by atoms with Crippen LogP contribution < -0.4 is 0 Å². The average Bonchev–Trinajstić information content (AvgIpc) is 1.86. The number of ether oxygens (including phenoxy) is 1. The highest BCUT2D eigenvalue weighted by Gasteiger charge is 2.52. The van der Waals surface area contributed by atoms with Gasteiger partial charge in [-0.15, -0.1) is 0 Å². The van der Waals surface area contributed by atoms with Gasteiger partial charge in [0.25, 0.3) is 0 Å². The highest BCUT2D eigenvalue weighted by atomic mass is 16.5. The highest BCUT2D eigenvalue weighted by molar-refractivity contribution is 5.91. The first-order chi connectivity index (χ1) is 4.72. The minimum absolute atomic E-state index is 0.0405. The molecule has 0 N–H and O–H groups in total. The Balaban J connectivity index is 2.13. The van der Waals surface area contributed by atoms with Crippen LogP contribution in [0.1, 0.15) is 26.2 Å². The summed E-state index contributed by atoms with van der Waals surface area (Å²) in [5.74, 6) is 0.308. The van der Waals surface area contributed by atoms with Gasteiger partial charge in [0, 0.05) is 18.4 Å². The molecule has 1 aliphatic heterocycles. The maximum Gasteiger partial charge on any atom is 0.162 e. The standard InChI is InChI=1S/C8H12O2/c1-8-3-2-4-10-7(8)6(9)5-8/h7H,2-5H2,1H3/t7-,8+/m1/s1. The van der Waals surface area contributed by atoms with Crippen molar-refractivity contribution in [2.24, 2.45) is 5.41 Å². The molecular weight excluding hydrogens is 128 g/mol. The van der Waals surface area contributed by atoms with Crippen LogP contribution in [0.5, 0.6) is 0 Å². The van der Waals surface area contributed by atoms with Crippen molar-refractivity contribution in [1.82, 2.24) is 0 Å². The van der Waals surface area contributed by atoms with Gasteiger partial charge in [-0.3, -0.25) is 4.79 Å². The van der Waals surface area contributed by atoms with Crippen LogP contribution in [0.15, 0.2) is 0 Å². The third-order valence-electron chi connectivity index (χ3n) is 2.68. The first-order valence-corrected chi connectivity index (χ1v) is 3.87. The molecule has 2 rings (SSSR count). The normalized spacial score (nSPS) is 46.1. The summed E-state index contributed by atoms with van der Waals surface area (Å²) < 4.78 is 5.34. The van der Waals surface area contributed by atoms with Crippen molar-refractivity contribution in [2.45, 2.75) is 32.3 Å². The smallest absolute Gasteiger partial charge is 0.162 e. The molecule has 2 heteroatoms. The van der Waals surface area contributed by atoms with Crippen molar-refractivity contribution in [3.8, 4) is 0 Å². The lowest BCUT2D eigenvalue weighted by atomic mass is 9.63. The zero-order valence-corrected chi connectivity index (χ0v) is 6.22. The monoisotopic (exact) mass is 140 g/mol. The summed E-state index contributed by atoms with van der Waals surface area (Å²) in [6.07, 6.45) is 3.00. The fraction of sp³-hybridized carbons (Fsp3) is 0.875. The largest absolute Gasteiger partial charge is 0.370 e. The molecule has 1 saturated carbocycles. The number of ketones is 1. The van der Waals surface area contributed by atoms with Gasteiger partial charge in [0.1, 0.15) is 6.10 Å². The fourth-order valence-electron chi connectivity index (χ4n) is 2.03. The lowest BCUT2D eigenvalue weighted by Gasteiger charge is -2.48. The first-order valence-electron chi connectivity index (χ1n) is 3.87. The van der Waals surface area contributed by atoms with E-state index in [2.05, 4.69) is 6.92 Å². The van der Waals surface area contributed by atoms with Crippen molar-refractivity contribution >= 4 is 5.78 Å². The molecule has 10 heavy (non-hydrogen) atoms. The van der Waals surface area contributed by atoms with E-state index in [1.54, 1.807) is 0 Å². The topological polar surface area (TPSA) is 26.3 Å². The molecule has 0 unspecified atom stereocenters. The van der Waals surface area contributed by atoms with Gasteiger partial charge >= 0.3 is 0 Å². The van der Waals surface area contributed by atoms with Crippen LogP contribution in [0, 0.1) is 5.41 Å². The summed E-state index contributed by atoms with van der Waals surface area (Å²) in [6, 6.07) is 0. The van der Waals surface area contributed by atoms with Crippen LogP contribution >= 0.6 is 0 Å². The molecule has 1 heterocycles. The van der Waals surface area contributed by atoms with Crippen LogP contribution in [0.4, 0.5) is 0 Å². The zero-order valence-electron chi connectivity index (χ0n) is 6.22. The van der Waals surface area contributed by atoms with Crippen molar-refractivity contribution < 1.29 is 9.53 Å². The number of hydrogen-bond acceptors (Lipinski definition) is 2. The highest BCUT2D eigenvalue weighted by Crippen LogP contribution is 2.46. The van der Waals surface area contributed by atoms with Gasteiger partial charge in [-0.1, -0.05) is 6.92 Å². The van der Waals surface area contributed by atoms with E-state index in [-0.39, 0.29) is 11.5 Å². The minimum Gasteiger partial charge on any atom is -0.370 e. The summed E-state index contributed by atoms with van der Waals surface area (Å²) in [6.45, 7) is 2.93. The SMILES string of the molecule is C[C@@]12CCCO[C@@H]1C(=O)C2. The average molecular weight is 140 g/mol. The van der Waals surface area contributed by atoms with Crippen molar-refractivity contribution in [3.05, 3.63) is 0 Å². The van der Waals surface area contributed by atoms with Gasteiger partial charge < -0.3 is 4.74 Å². The predicted octanol–water partition coefficient (Wildman–Crippen LogP) is 1.14. The Kier molecular flexibility index (Phi) is 1.15. The van der Waals surface area contributed by atoms with Gasteiger partial charge in [0.2, 0.25) is 0 Å². The van der Waals surface area contributed by atoms with E-state index in [1.807, 2.05) is 0 Å². The molecule has 2 nitrogen and oxygen atoms in total. The van der Waals surface area contributed by atoms with E-state index < -0.39 is 0 Å². The second kappa shape index (κ2) is 1.82. The maximum atomic E-state index is 10.9. The van der Waals surface area contributed by atoms with Crippen molar-refractivity contribution in [2.75, 3.05) is 6.61 Å². The van der Waals surface area contributed by atoms with Gasteiger partial charge in [0.05, 0.1) is 0 Å². The molecule has 0 aromatic heterocycles. The Morgan fingerprint density at radius 3 is 3.00 bits per heavy atom. The molecule has 2 atom stereocenters. The number of rotatable bonds is 0. The van der Waals surface area contributed by atoms with E-state index in [0.717, 1.165) is 19.4 Å². The molecule has 1 aliphatic carbocycles. The second-order valence-electron chi connectivity index (χ2n) is 3.65. The van der Waals surface area contributed by atoms with Gasteiger partial charge in [-0.2, -0.15) is 0 Å². The fourth-order valence-corrected chi connectivity index (χ4v) is 2.03. The molecule has 2 fully saturated rings. The van der Waals surface area contributed by atoms with Crippen molar-refractivity contribution in [1.29, 1.82) is 0 Å². The molecule has 2 aliphatic rings. The summed E-state index contributed by atoms with van der Waals surface area (Å²) in [5, 5.41) is 0. The zero-order chi connectivity index (χ0) is 7.19. The predicted molar refractivity (Wildman–Crippen MR) is 36.7 cm³/mol. The number of carbonyl (C=O) groups excluding carboxylic acids is 1. The molecule has 56 valence electrons. The van der Waals surface area contributed by atoms with Gasteiger partial charge in [-0.05, 0) is 12.8 Å². The number of carbonyl (C=O) groups is 1. The lowest BCUT2D eigenvalue weighted by Crippen LogP contribution is -2.55. The molecule has 0 amide bonds. The molecule has 0 spiro atoms. The van der Waals surface area contributed by atoms with E-state index >= 15 is 0 Å². The summed E-state index contributed by atoms with van der Waals surface area (Å²) in [5.41, 5.74) is 0.218. The second-order valence-corrected chi connectivity index (χ2v) is 3.65. The van der Waals surface area contributed by atoms with Gasteiger partial charge in [0.15, 0.2) is 5.78 Å². The number of hydrogen-bond donors (Lipinski definition) is 0. The molecule has 0 aromatic rings.